The average molecular weight is 240 g/mol. The molecule has 0 unspecified atom stereocenters. The Morgan fingerprint density at radius 2 is 1.89 bits per heavy atom. The summed E-state index contributed by atoms with van der Waals surface area (Å²) < 4.78 is 5.35. The van der Waals surface area contributed by atoms with E-state index >= 15 is 0 Å². The second kappa shape index (κ2) is 4.15. The van der Waals surface area contributed by atoms with Crippen molar-refractivity contribution in [3.8, 4) is 35.0 Å². The van der Waals surface area contributed by atoms with Gasteiger partial charge in [0.05, 0.1) is 11.1 Å². The van der Waals surface area contributed by atoms with E-state index < -0.39 is 11.5 Å². The summed E-state index contributed by atoms with van der Waals surface area (Å²) in [4.78, 5) is 0. The Balaban J connectivity index is 2.85. The summed E-state index contributed by atoms with van der Waals surface area (Å²) in [6, 6.07) is 8.01. The van der Waals surface area contributed by atoms with Gasteiger partial charge in [0.1, 0.15) is 29.2 Å². The second-order valence-corrected chi connectivity index (χ2v) is 3.68. The molecule has 0 bridgehead atoms. The molecule has 0 aliphatic carbocycles. The van der Waals surface area contributed by atoms with Crippen molar-refractivity contribution in [2.75, 3.05) is 0 Å². The van der Waals surface area contributed by atoms with Crippen LogP contribution in [-0.2, 0) is 0 Å². The molecule has 0 saturated carbocycles. The van der Waals surface area contributed by atoms with Gasteiger partial charge in [-0.05, 0) is 19.1 Å². The zero-order valence-electron chi connectivity index (χ0n) is 9.43. The molecule has 2 N–H and O–H groups in total. The molecule has 1 heterocycles. The van der Waals surface area contributed by atoms with E-state index in [1.807, 2.05) is 6.07 Å². The van der Waals surface area contributed by atoms with Crippen molar-refractivity contribution in [1.82, 2.24) is 0 Å². The molecule has 0 atom stereocenters. The molecule has 2 aromatic rings. The number of nitriles is 2. The fourth-order valence-corrected chi connectivity index (χ4v) is 1.68. The number of phenolic OH excluding ortho intramolecular Hbond substituents is 2. The molecule has 1 aromatic carbocycles. The number of hydrogen-bond donors (Lipinski definition) is 2. The first kappa shape index (κ1) is 11.6. The third kappa shape index (κ3) is 1.64. The minimum atomic E-state index is -0.555. The molecular weight excluding hydrogens is 232 g/mol. The standard InChI is InChI=1S/C13H8N2O3/c1-7-2-3-11(18-7)12-8(5-14)4-10(16)13(17)9(12)6-15/h2-4,16-17H,1H3. The lowest BCUT2D eigenvalue weighted by molar-refractivity contribution is 0.402. The molecular formula is C13H8N2O3. The third-order valence-corrected chi connectivity index (χ3v) is 2.50. The molecule has 0 spiro atoms. The van der Waals surface area contributed by atoms with Gasteiger partial charge in [-0.2, -0.15) is 10.5 Å². The van der Waals surface area contributed by atoms with Crippen molar-refractivity contribution in [3.05, 3.63) is 35.1 Å². The van der Waals surface area contributed by atoms with Gasteiger partial charge in [0, 0.05) is 6.07 Å². The van der Waals surface area contributed by atoms with Gasteiger partial charge in [0.15, 0.2) is 11.5 Å². The largest absolute Gasteiger partial charge is 0.504 e. The topological polar surface area (TPSA) is 101 Å². The lowest BCUT2D eigenvalue weighted by Gasteiger charge is -2.07. The first-order valence-corrected chi connectivity index (χ1v) is 5.04. The van der Waals surface area contributed by atoms with Crippen LogP contribution < -0.4 is 0 Å². The quantitative estimate of drug-likeness (QED) is 0.745. The van der Waals surface area contributed by atoms with Crippen LogP contribution in [0, 0.1) is 29.6 Å². The van der Waals surface area contributed by atoms with E-state index in [-0.39, 0.29) is 16.7 Å². The monoisotopic (exact) mass is 240 g/mol. The predicted octanol–water partition coefficient (Wildman–Crippen LogP) is 2.41. The summed E-state index contributed by atoms with van der Waals surface area (Å²) in [6.07, 6.45) is 0. The molecule has 1 aromatic heterocycles. The molecule has 0 amide bonds. The number of benzene rings is 1. The Morgan fingerprint density at radius 3 is 2.39 bits per heavy atom. The normalized spacial score (nSPS) is 9.72. The summed E-state index contributed by atoms with van der Waals surface area (Å²) >= 11 is 0. The van der Waals surface area contributed by atoms with Crippen LogP contribution in [0.4, 0.5) is 0 Å². The Bertz CT molecular complexity index is 702. The Morgan fingerprint density at radius 1 is 1.17 bits per heavy atom. The van der Waals surface area contributed by atoms with Gasteiger partial charge in [-0.3, -0.25) is 0 Å². The highest BCUT2D eigenvalue weighted by molar-refractivity contribution is 5.78. The van der Waals surface area contributed by atoms with Crippen LogP contribution in [-0.4, -0.2) is 10.2 Å². The molecule has 0 fully saturated rings. The average Bonchev–Trinajstić information content (AvgIpc) is 2.78. The van der Waals surface area contributed by atoms with Crippen LogP contribution in [0.3, 0.4) is 0 Å². The molecule has 88 valence electrons. The number of nitrogens with zero attached hydrogens (tertiary/aromatic N) is 2. The van der Waals surface area contributed by atoms with Crippen molar-refractivity contribution < 1.29 is 14.6 Å². The Hall–Kier alpha value is -2.92. The SMILES string of the molecule is Cc1ccc(-c2c(C#N)cc(O)c(O)c2C#N)o1. The molecule has 0 saturated heterocycles. The third-order valence-electron chi connectivity index (χ3n) is 2.50. The van der Waals surface area contributed by atoms with Crippen molar-refractivity contribution in [2.24, 2.45) is 0 Å². The highest BCUT2D eigenvalue weighted by Gasteiger charge is 2.20. The fraction of sp³-hybridized carbons (Fsp3) is 0.0769. The summed E-state index contributed by atoms with van der Waals surface area (Å²) in [5, 5.41) is 37.1. The van der Waals surface area contributed by atoms with E-state index in [0.717, 1.165) is 6.07 Å². The molecule has 5 heteroatoms. The Kier molecular flexibility index (Phi) is 2.67. The first-order chi connectivity index (χ1) is 8.58. The number of furan rings is 1. The highest BCUT2D eigenvalue weighted by Crippen LogP contribution is 2.39. The minimum Gasteiger partial charge on any atom is -0.504 e. The number of hydrogen-bond acceptors (Lipinski definition) is 5. The van der Waals surface area contributed by atoms with Gasteiger partial charge in [0.25, 0.3) is 0 Å². The summed E-state index contributed by atoms with van der Waals surface area (Å²) in [7, 11) is 0. The highest BCUT2D eigenvalue weighted by atomic mass is 16.3. The molecule has 18 heavy (non-hydrogen) atoms. The Labute approximate surface area is 103 Å². The van der Waals surface area contributed by atoms with Gasteiger partial charge in [0.2, 0.25) is 0 Å². The van der Waals surface area contributed by atoms with Crippen LogP contribution in [0.5, 0.6) is 11.5 Å². The van der Waals surface area contributed by atoms with E-state index in [1.54, 1.807) is 25.1 Å². The maximum atomic E-state index is 9.64. The van der Waals surface area contributed by atoms with Crippen LogP contribution in [0.15, 0.2) is 22.6 Å². The van der Waals surface area contributed by atoms with E-state index in [1.165, 1.54) is 0 Å². The molecule has 5 nitrogen and oxygen atoms in total. The van der Waals surface area contributed by atoms with Crippen molar-refractivity contribution in [2.45, 2.75) is 6.92 Å². The minimum absolute atomic E-state index is 0.0659. The van der Waals surface area contributed by atoms with Gasteiger partial charge < -0.3 is 14.6 Å². The second-order valence-electron chi connectivity index (χ2n) is 3.68. The van der Waals surface area contributed by atoms with Crippen molar-refractivity contribution in [3.63, 3.8) is 0 Å². The van der Waals surface area contributed by atoms with E-state index in [4.69, 9.17) is 14.9 Å². The summed E-state index contributed by atoms with van der Waals surface area (Å²) in [6.45, 7) is 1.72. The van der Waals surface area contributed by atoms with Gasteiger partial charge in [-0.1, -0.05) is 0 Å². The van der Waals surface area contributed by atoms with Crippen molar-refractivity contribution in [1.29, 1.82) is 10.5 Å². The maximum absolute atomic E-state index is 9.64. The predicted molar refractivity (Wildman–Crippen MR) is 61.6 cm³/mol. The lowest BCUT2D eigenvalue weighted by Crippen LogP contribution is -1.90. The number of phenols is 2. The van der Waals surface area contributed by atoms with Crippen LogP contribution >= 0.6 is 0 Å². The number of rotatable bonds is 1. The molecule has 0 aliphatic rings. The van der Waals surface area contributed by atoms with Crippen molar-refractivity contribution >= 4 is 0 Å². The molecule has 2 rings (SSSR count). The maximum Gasteiger partial charge on any atom is 0.176 e. The van der Waals surface area contributed by atoms with E-state index in [2.05, 4.69) is 0 Å². The summed E-state index contributed by atoms with van der Waals surface area (Å²) in [5.74, 6) is -0.142. The van der Waals surface area contributed by atoms with Crippen LogP contribution in [0.25, 0.3) is 11.3 Å². The molecule has 0 aliphatic heterocycles. The van der Waals surface area contributed by atoms with Gasteiger partial charge >= 0.3 is 0 Å². The van der Waals surface area contributed by atoms with Crippen LogP contribution in [0.2, 0.25) is 0 Å². The fourth-order valence-electron chi connectivity index (χ4n) is 1.68. The zero-order valence-corrected chi connectivity index (χ0v) is 9.43. The molecule has 0 radical (unpaired) electrons. The summed E-state index contributed by atoms with van der Waals surface area (Å²) in [5.41, 5.74) is 0.0699. The number of aryl methyl sites for hydroxylation is 1. The van der Waals surface area contributed by atoms with E-state index in [0.29, 0.717) is 11.5 Å². The van der Waals surface area contributed by atoms with Crippen LogP contribution in [0.1, 0.15) is 16.9 Å². The smallest absolute Gasteiger partial charge is 0.176 e. The zero-order chi connectivity index (χ0) is 13.3. The van der Waals surface area contributed by atoms with Gasteiger partial charge in [-0.15, -0.1) is 0 Å². The first-order valence-electron chi connectivity index (χ1n) is 5.04. The van der Waals surface area contributed by atoms with E-state index in [9.17, 15) is 10.2 Å². The number of aromatic hydroxyl groups is 2. The van der Waals surface area contributed by atoms with Gasteiger partial charge in [-0.25, -0.2) is 0 Å². The lowest BCUT2D eigenvalue weighted by atomic mass is 9.98.